The standard InChI is InChI=1S/C18H23N9O3/c1-2-26-15-10(18(29)27-6-5-21-9-12(27)13(28)3-4-19)7-22-8-11(15)23-17(26)14-16(20)25-30-24-14/h7-8,12,21H,2-6,9,19H2,1H3,(H2,20,25). The number of aromatic nitrogens is 5. The fourth-order valence-electron chi connectivity index (χ4n) is 3.78. The Morgan fingerprint density at radius 3 is 2.87 bits per heavy atom. The summed E-state index contributed by atoms with van der Waals surface area (Å²) in [5.74, 6) is 0.196. The average Bonchev–Trinajstić information content (AvgIpc) is 3.35. The predicted molar refractivity (Wildman–Crippen MR) is 107 cm³/mol. The summed E-state index contributed by atoms with van der Waals surface area (Å²) in [7, 11) is 0. The number of anilines is 1. The van der Waals surface area contributed by atoms with Crippen molar-refractivity contribution in [1.29, 1.82) is 0 Å². The molecule has 1 fully saturated rings. The van der Waals surface area contributed by atoms with Gasteiger partial charge in [0.25, 0.3) is 5.91 Å². The summed E-state index contributed by atoms with van der Waals surface area (Å²) in [5, 5.41) is 10.6. The topological polar surface area (TPSA) is 171 Å². The van der Waals surface area contributed by atoms with Crippen molar-refractivity contribution in [3.05, 3.63) is 18.0 Å². The number of ketones is 1. The number of imidazole rings is 1. The molecule has 1 aliphatic rings. The third-order valence-corrected chi connectivity index (χ3v) is 5.19. The zero-order chi connectivity index (χ0) is 21.3. The number of Topliss-reactive ketones (excluding diaryl/α,β-unsaturated/α-hetero) is 1. The zero-order valence-electron chi connectivity index (χ0n) is 16.5. The smallest absolute Gasteiger partial charge is 0.258 e. The molecule has 12 nitrogen and oxygen atoms in total. The second-order valence-corrected chi connectivity index (χ2v) is 6.96. The van der Waals surface area contributed by atoms with Gasteiger partial charge in [0.1, 0.15) is 11.6 Å². The number of fused-ring (bicyclic) bond motifs is 1. The van der Waals surface area contributed by atoms with Crippen LogP contribution in [0.3, 0.4) is 0 Å². The molecule has 0 bridgehead atoms. The number of amides is 1. The highest BCUT2D eigenvalue weighted by molar-refractivity contribution is 6.07. The van der Waals surface area contributed by atoms with E-state index in [-0.39, 0.29) is 30.5 Å². The van der Waals surface area contributed by atoms with Crippen LogP contribution >= 0.6 is 0 Å². The average molecular weight is 413 g/mol. The van der Waals surface area contributed by atoms with Gasteiger partial charge in [-0.25, -0.2) is 9.61 Å². The number of pyridine rings is 1. The Hall–Kier alpha value is -3.38. The van der Waals surface area contributed by atoms with Gasteiger partial charge in [-0.3, -0.25) is 14.6 Å². The number of carbonyl (C=O) groups excluding carboxylic acids is 2. The van der Waals surface area contributed by atoms with Crippen LogP contribution in [0, 0.1) is 0 Å². The molecule has 1 aliphatic heterocycles. The first-order valence-corrected chi connectivity index (χ1v) is 9.73. The highest BCUT2D eigenvalue weighted by atomic mass is 16.6. The second kappa shape index (κ2) is 8.16. The van der Waals surface area contributed by atoms with Gasteiger partial charge in [-0.05, 0) is 23.8 Å². The van der Waals surface area contributed by atoms with Gasteiger partial charge in [0.2, 0.25) is 0 Å². The van der Waals surface area contributed by atoms with E-state index >= 15 is 0 Å². The van der Waals surface area contributed by atoms with E-state index in [0.29, 0.717) is 54.3 Å². The molecule has 4 rings (SSSR count). The zero-order valence-corrected chi connectivity index (χ0v) is 16.5. The molecule has 30 heavy (non-hydrogen) atoms. The maximum absolute atomic E-state index is 13.5. The van der Waals surface area contributed by atoms with E-state index in [4.69, 9.17) is 16.1 Å². The maximum atomic E-state index is 13.5. The Kier molecular flexibility index (Phi) is 5.42. The third-order valence-electron chi connectivity index (χ3n) is 5.19. The molecule has 0 spiro atoms. The van der Waals surface area contributed by atoms with Gasteiger partial charge in [0.15, 0.2) is 23.1 Å². The van der Waals surface area contributed by atoms with Crippen LogP contribution in [-0.2, 0) is 11.3 Å². The summed E-state index contributed by atoms with van der Waals surface area (Å²) in [4.78, 5) is 36.4. The van der Waals surface area contributed by atoms with Gasteiger partial charge < -0.3 is 26.3 Å². The van der Waals surface area contributed by atoms with Crippen molar-refractivity contribution >= 4 is 28.5 Å². The second-order valence-electron chi connectivity index (χ2n) is 6.96. The quantitative estimate of drug-likeness (QED) is 0.474. The molecule has 158 valence electrons. The van der Waals surface area contributed by atoms with Gasteiger partial charge in [0, 0.05) is 38.8 Å². The minimum absolute atomic E-state index is 0.0654. The summed E-state index contributed by atoms with van der Waals surface area (Å²) in [6, 6.07) is -0.571. The Balaban J connectivity index is 1.80. The SMILES string of the molecule is CCn1c(-c2nonc2N)nc2cncc(C(=O)N3CCNCC3C(=O)CCN)c21. The van der Waals surface area contributed by atoms with Crippen LogP contribution < -0.4 is 16.8 Å². The van der Waals surface area contributed by atoms with Gasteiger partial charge >= 0.3 is 0 Å². The Bertz CT molecular complexity index is 1090. The molecule has 0 radical (unpaired) electrons. The number of hydrogen-bond acceptors (Lipinski definition) is 10. The number of nitrogens with one attached hydrogen (secondary N) is 1. The van der Waals surface area contributed by atoms with Gasteiger partial charge in [-0.2, -0.15) is 0 Å². The lowest BCUT2D eigenvalue weighted by Crippen LogP contribution is -2.57. The fourth-order valence-corrected chi connectivity index (χ4v) is 3.78. The first-order chi connectivity index (χ1) is 14.6. The Morgan fingerprint density at radius 1 is 1.33 bits per heavy atom. The van der Waals surface area contributed by atoms with Crippen molar-refractivity contribution in [1.82, 2.24) is 35.1 Å². The van der Waals surface area contributed by atoms with Crippen molar-refractivity contribution in [2.24, 2.45) is 5.73 Å². The highest BCUT2D eigenvalue weighted by Crippen LogP contribution is 2.29. The molecule has 0 aliphatic carbocycles. The van der Waals surface area contributed by atoms with Gasteiger partial charge in [-0.1, -0.05) is 0 Å². The summed E-state index contributed by atoms with van der Waals surface area (Å²) in [5.41, 5.74) is 13.2. The summed E-state index contributed by atoms with van der Waals surface area (Å²) >= 11 is 0. The lowest BCUT2D eigenvalue weighted by molar-refractivity contribution is -0.123. The van der Waals surface area contributed by atoms with Crippen molar-refractivity contribution in [2.45, 2.75) is 25.9 Å². The molecule has 1 amide bonds. The first-order valence-electron chi connectivity index (χ1n) is 9.73. The molecule has 1 atom stereocenters. The predicted octanol–water partition coefficient (Wildman–Crippen LogP) is -0.585. The maximum Gasteiger partial charge on any atom is 0.258 e. The summed E-state index contributed by atoms with van der Waals surface area (Å²) in [6.07, 6.45) is 3.29. The normalized spacial score (nSPS) is 16.9. The van der Waals surface area contributed by atoms with Crippen LogP contribution in [0.1, 0.15) is 23.7 Å². The number of nitrogens with two attached hydrogens (primary N) is 2. The van der Waals surface area contributed by atoms with Crippen LogP contribution in [0.15, 0.2) is 17.0 Å². The van der Waals surface area contributed by atoms with Crippen molar-refractivity contribution in [3.63, 3.8) is 0 Å². The van der Waals surface area contributed by atoms with E-state index in [9.17, 15) is 9.59 Å². The number of carbonyl (C=O) groups is 2. The largest absolute Gasteiger partial charge is 0.379 e. The first kappa shape index (κ1) is 19.9. The van der Waals surface area contributed by atoms with E-state index < -0.39 is 6.04 Å². The molecule has 1 saturated heterocycles. The molecule has 3 aromatic heterocycles. The fraction of sp³-hybridized carbons (Fsp3) is 0.444. The summed E-state index contributed by atoms with van der Waals surface area (Å²) < 4.78 is 6.53. The molecular weight excluding hydrogens is 390 g/mol. The van der Waals surface area contributed by atoms with Crippen LogP contribution in [0.2, 0.25) is 0 Å². The van der Waals surface area contributed by atoms with E-state index in [1.807, 2.05) is 11.5 Å². The van der Waals surface area contributed by atoms with Crippen LogP contribution in [0.25, 0.3) is 22.6 Å². The van der Waals surface area contributed by atoms with E-state index in [0.717, 1.165) is 0 Å². The lowest BCUT2D eigenvalue weighted by Gasteiger charge is -2.35. The van der Waals surface area contributed by atoms with E-state index in [2.05, 4.69) is 25.6 Å². The number of nitrogen functional groups attached to an aromatic ring is 1. The third kappa shape index (κ3) is 3.29. The monoisotopic (exact) mass is 413 g/mol. The summed E-state index contributed by atoms with van der Waals surface area (Å²) in [6.45, 7) is 4.06. The van der Waals surface area contributed by atoms with Crippen LogP contribution in [0.5, 0.6) is 0 Å². The minimum Gasteiger partial charge on any atom is -0.379 e. The molecule has 1 unspecified atom stereocenters. The molecule has 3 aromatic rings. The minimum atomic E-state index is -0.571. The number of piperazine rings is 1. The van der Waals surface area contributed by atoms with Crippen molar-refractivity contribution < 1.29 is 14.2 Å². The molecule has 0 saturated carbocycles. The van der Waals surface area contributed by atoms with Crippen molar-refractivity contribution in [2.75, 3.05) is 31.9 Å². The van der Waals surface area contributed by atoms with Gasteiger partial charge in [0.05, 0.1) is 17.3 Å². The molecular formula is C18H23N9O3. The number of hydrogen-bond donors (Lipinski definition) is 3. The van der Waals surface area contributed by atoms with Gasteiger partial charge in [-0.15, -0.1) is 0 Å². The lowest BCUT2D eigenvalue weighted by atomic mass is 10.0. The molecule has 12 heteroatoms. The van der Waals surface area contributed by atoms with Crippen molar-refractivity contribution in [3.8, 4) is 11.5 Å². The number of aryl methyl sites for hydroxylation is 1. The van der Waals surface area contributed by atoms with E-state index in [1.165, 1.54) is 6.20 Å². The van der Waals surface area contributed by atoms with E-state index in [1.54, 1.807) is 11.1 Å². The molecule has 5 N–H and O–H groups in total. The number of nitrogens with zero attached hydrogens (tertiary/aromatic N) is 6. The van der Waals surface area contributed by atoms with Crippen LogP contribution in [-0.4, -0.2) is 73.7 Å². The molecule has 4 heterocycles. The van der Waals surface area contributed by atoms with Crippen LogP contribution in [0.4, 0.5) is 5.82 Å². The number of rotatable bonds is 6. The highest BCUT2D eigenvalue weighted by Gasteiger charge is 2.34. The molecule has 0 aromatic carbocycles. The Morgan fingerprint density at radius 2 is 2.17 bits per heavy atom. The Labute approximate surface area is 171 Å².